The van der Waals surface area contributed by atoms with Gasteiger partial charge in [0.25, 0.3) is 0 Å². The van der Waals surface area contributed by atoms with E-state index in [2.05, 4.69) is 18.3 Å². The van der Waals surface area contributed by atoms with Crippen LogP contribution in [0.4, 0.5) is 0 Å². The van der Waals surface area contributed by atoms with E-state index in [4.69, 9.17) is 5.26 Å². The standard InChI is InChI=1S/C30H44N2O5/c1-3-4-5-8-11-14-26(33)15-12-9-6-7-10-13-16-27(30(2,37)29(35)36)28(34)32-22-21-24-17-19-25(23-31)20-18-24/h13,16-20,27,37H,3-12,14-15,21-22H2,1-2H3,(H,32,34)(H,35,36)/b16-13+/t27-,30+/m1/s1. The molecule has 0 radical (unpaired) electrons. The third-order valence-corrected chi connectivity index (χ3v) is 6.58. The number of carboxylic acids is 1. The average molecular weight is 513 g/mol. The number of aliphatic carboxylic acids is 1. The molecule has 0 aliphatic heterocycles. The lowest BCUT2D eigenvalue weighted by Crippen LogP contribution is -2.49. The second-order valence-corrected chi connectivity index (χ2v) is 9.86. The van der Waals surface area contributed by atoms with Crippen LogP contribution in [0, 0.1) is 17.2 Å². The van der Waals surface area contributed by atoms with E-state index >= 15 is 0 Å². The van der Waals surface area contributed by atoms with Crippen molar-refractivity contribution in [2.75, 3.05) is 6.54 Å². The predicted molar refractivity (Wildman–Crippen MR) is 145 cm³/mol. The second-order valence-electron chi connectivity index (χ2n) is 9.86. The number of unbranched alkanes of at least 4 members (excludes halogenated alkanes) is 8. The van der Waals surface area contributed by atoms with Crippen molar-refractivity contribution in [3.63, 3.8) is 0 Å². The molecule has 1 aromatic rings. The molecule has 0 saturated carbocycles. The number of Topliss-reactive ketones (excluding diaryl/α,β-unsaturated/α-hetero) is 1. The third kappa shape index (κ3) is 13.2. The number of benzene rings is 1. The van der Waals surface area contributed by atoms with Crippen LogP contribution >= 0.6 is 0 Å². The molecule has 3 N–H and O–H groups in total. The molecule has 0 aliphatic rings. The summed E-state index contributed by atoms with van der Waals surface area (Å²) in [5.74, 6) is -2.88. The highest BCUT2D eigenvalue weighted by Crippen LogP contribution is 2.21. The molecule has 0 heterocycles. The Morgan fingerprint density at radius 2 is 1.59 bits per heavy atom. The number of carbonyl (C=O) groups is 3. The summed E-state index contributed by atoms with van der Waals surface area (Å²) in [4.78, 5) is 36.2. The number of hydrogen-bond acceptors (Lipinski definition) is 5. The van der Waals surface area contributed by atoms with Crippen LogP contribution in [-0.2, 0) is 20.8 Å². The first-order valence-electron chi connectivity index (χ1n) is 13.6. The van der Waals surface area contributed by atoms with Gasteiger partial charge in [0, 0.05) is 19.4 Å². The van der Waals surface area contributed by atoms with E-state index in [0.717, 1.165) is 51.0 Å². The molecule has 7 heteroatoms. The molecule has 37 heavy (non-hydrogen) atoms. The highest BCUT2D eigenvalue weighted by atomic mass is 16.4. The van der Waals surface area contributed by atoms with Crippen LogP contribution in [0.5, 0.6) is 0 Å². The molecule has 0 fully saturated rings. The Labute approximate surface area is 222 Å². The van der Waals surface area contributed by atoms with Gasteiger partial charge in [-0.3, -0.25) is 9.59 Å². The highest BCUT2D eigenvalue weighted by molar-refractivity contribution is 5.90. The van der Waals surface area contributed by atoms with Gasteiger partial charge in [0.05, 0.1) is 17.6 Å². The Kier molecular flexibility index (Phi) is 15.8. The first-order chi connectivity index (χ1) is 17.7. The summed E-state index contributed by atoms with van der Waals surface area (Å²) >= 11 is 0. The van der Waals surface area contributed by atoms with Gasteiger partial charge in [-0.1, -0.05) is 69.7 Å². The van der Waals surface area contributed by atoms with Crippen LogP contribution in [0.15, 0.2) is 36.4 Å². The molecule has 1 rings (SSSR count). The second kappa shape index (κ2) is 18.3. The fourth-order valence-electron chi connectivity index (χ4n) is 4.07. The molecule has 1 aromatic carbocycles. The lowest BCUT2D eigenvalue weighted by atomic mass is 9.87. The van der Waals surface area contributed by atoms with Crippen molar-refractivity contribution in [1.29, 1.82) is 5.26 Å². The number of carboxylic acid groups (broad SMARTS) is 1. The van der Waals surface area contributed by atoms with Crippen molar-refractivity contribution >= 4 is 17.7 Å². The van der Waals surface area contributed by atoms with E-state index in [9.17, 15) is 24.6 Å². The lowest BCUT2D eigenvalue weighted by molar-refractivity contribution is -0.163. The largest absolute Gasteiger partial charge is 0.479 e. The molecular weight excluding hydrogens is 468 g/mol. The minimum absolute atomic E-state index is 0.280. The topological polar surface area (TPSA) is 127 Å². The minimum Gasteiger partial charge on any atom is -0.479 e. The quantitative estimate of drug-likeness (QED) is 0.156. The number of hydrogen-bond donors (Lipinski definition) is 3. The molecule has 0 spiro atoms. The monoisotopic (exact) mass is 512 g/mol. The molecule has 204 valence electrons. The van der Waals surface area contributed by atoms with Gasteiger partial charge in [0.15, 0.2) is 5.60 Å². The number of carbonyl (C=O) groups excluding carboxylic acids is 2. The maximum absolute atomic E-state index is 12.7. The molecule has 0 aromatic heterocycles. The van der Waals surface area contributed by atoms with Crippen molar-refractivity contribution in [2.24, 2.45) is 5.92 Å². The molecule has 0 saturated heterocycles. The number of aliphatic hydroxyl groups is 1. The van der Waals surface area contributed by atoms with Gasteiger partial charge in [-0.15, -0.1) is 0 Å². The zero-order valence-corrected chi connectivity index (χ0v) is 22.5. The van der Waals surface area contributed by atoms with E-state index in [0.29, 0.717) is 37.0 Å². The van der Waals surface area contributed by atoms with Gasteiger partial charge < -0.3 is 15.5 Å². The van der Waals surface area contributed by atoms with Gasteiger partial charge in [-0.2, -0.15) is 5.26 Å². The molecule has 7 nitrogen and oxygen atoms in total. The fourth-order valence-corrected chi connectivity index (χ4v) is 4.07. The highest BCUT2D eigenvalue weighted by Gasteiger charge is 2.42. The maximum atomic E-state index is 12.7. The van der Waals surface area contributed by atoms with Crippen LogP contribution in [0.2, 0.25) is 0 Å². The Morgan fingerprint density at radius 3 is 2.16 bits per heavy atom. The van der Waals surface area contributed by atoms with E-state index < -0.39 is 23.4 Å². The van der Waals surface area contributed by atoms with E-state index in [1.54, 1.807) is 30.3 Å². The number of nitrogens with zero attached hydrogens (tertiary/aromatic N) is 1. The Balaban J connectivity index is 2.39. The van der Waals surface area contributed by atoms with Crippen LogP contribution in [-0.4, -0.2) is 40.0 Å². The first kappa shape index (κ1) is 32.0. The summed E-state index contributed by atoms with van der Waals surface area (Å²) in [5.41, 5.74) is -0.742. The van der Waals surface area contributed by atoms with Gasteiger partial charge >= 0.3 is 5.97 Å². The van der Waals surface area contributed by atoms with E-state index in [1.807, 2.05) is 0 Å². The van der Waals surface area contributed by atoms with Gasteiger partial charge in [0.2, 0.25) is 5.91 Å². The van der Waals surface area contributed by atoms with Crippen molar-refractivity contribution in [2.45, 2.75) is 103 Å². The summed E-state index contributed by atoms with van der Waals surface area (Å²) in [7, 11) is 0. The number of nitrogens with one attached hydrogen (secondary N) is 1. The van der Waals surface area contributed by atoms with Crippen LogP contribution in [0.25, 0.3) is 0 Å². The normalized spacial score (nSPS) is 13.6. The van der Waals surface area contributed by atoms with Gasteiger partial charge in [-0.25, -0.2) is 4.79 Å². The van der Waals surface area contributed by atoms with Gasteiger partial charge in [0.1, 0.15) is 5.78 Å². The van der Waals surface area contributed by atoms with Crippen molar-refractivity contribution in [3.05, 3.63) is 47.5 Å². The summed E-state index contributed by atoms with van der Waals surface area (Å²) in [5, 5.41) is 31.5. The Hall–Kier alpha value is -2.98. The first-order valence-corrected chi connectivity index (χ1v) is 13.6. The number of amides is 1. The molecule has 2 atom stereocenters. The molecule has 1 amide bonds. The molecule has 0 unspecified atom stereocenters. The smallest absolute Gasteiger partial charge is 0.336 e. The molecular formula is C30H44N2O5. The summed E-state index contributed by atoms with van der Waals surface area (Å²) in [6.07, 6.45) is 15.2. The zero-order valence-electron chi connectivity index (χ0n) is 22.5. The van der Waals surface area contributed by atoms with E-state index in [1.165, 1.54) is 25.3 Å². The SMILES string of the molecule is CCCCCCCC(=O)CCCCCC/C=C/[C@H](C(=O)NCCc1ccc(C#N)cc1)[C@](C)(O)C(=O)O. The van der Waals surface area contributed by atoms with Gasteiger partial charge in [-0.05, 0) is 56.7 Å². The lowest BCUT2D eigenvalue weighted by Gasteiger charge is -2.25. The molecule has 0 bridgehead atoms. The Morgan fingerprint density at radius 1 is 1.00 bits per heavy atom. The van der Waals surface area contributed by atoms with Crippen molar-refractivity contribution in [1.82, 2.24) is 5.32 Å². The predicted octanol–water partition coefficient (Wildman–Crippen LogP) is 5.50. The Bertz CT molecular complexity index is 900. The van der Waals surface area contributed by atoms with Crippen LogP contribution < -0.4 is 5.32 Å². The summed E-state index contributed by atoms with van der Waals surface area (Å²) in [6, 6.07) is 9.06. The average Bonchev–Trinajstić information content (AvgIpc) is 2.87. The minimum atomic E-state index is -2.23. The van der Waals surface area contributed by atoms with Crippen LogP contribution in [0.3, 0.4) is 0 Å². The summed E-state index contributed by atoms with van der Waals surface area (Å²) < 4.78 is 0. The summed E-state index contributed by atoms with van der Waals surface area (Å²) in [6.45, 7) is 3.59. The number of ketones is 1. The maximum Gasteiger partial charge on any atom is 0.336 e. The number of rotatable bonds is 20. The van der Waals surface area contributed by atoms with Crippen molar-refractivity contribution < 1.29 is 24.6 Å². The molecule has 0 aliphatic carbocycles. The fraction of sp³-hybridized carbons (Fsp3) is 0.600. The zero-order chi connectivity index (χ0) is 27.5. The number of allylic oxidation sites excluding steroid dienone is 1. The third-order valence-electron chi connectivity index (χ3n) is 6.58. The van der Waals surface area contributed by atoms with Crippen molar-refractivity contribution in [3.8, 4) is 6.07 Å². The van der Waals surface area contributed by atoms with E-state index in [-0.39, 0.29) is 6.54 Å². The number of nitriles is 1. The van der Waals surface area contributed by atoms with Crippen LogP contribution in [0.1, 0.15) is 102 Å².